The molecular formula is C23H15BrN2O6S3. The van der Waals surface area contributed by atoms with E-state index in [9.17, 15) is 23.3 Å². The molecule has 12 heteroatoms. The van der Waals surface area contributed by atoms with Crippen LogP contribution in [0.2, 0.25) is 0 Å². The fraction of sp³-hybridized carbons (Fsp3) is 0.0435. The third kappa shape index (κ3) is 5.45. The Morgan fingerprint density at radius 1 is 1.11 bits per heavy atom. The van der Waals surface area contributed by atoms with E-state index in [1.165, 1.54) is 47.9 Å². The summed E-state index contributed by atoms with van der Waals surface area (Å²) in [6.45, 7) is 1.51. The van der Waals surface area contributed by atoms with Crippen LogP contribution in [0.1, 0.15) is 11.1 Å². The zero-order valence-corrected chi connectivity index (χ0v) is 21.9. The number of rotatable bonds is 6. The number of nitrogens with zero attached hydrogens (tertiary/aromatic N) is 2. The van der Waals surface area contributed by atoms with Crippen LogP contribution in [0.3, 0.4) is 0 Å². The van der Waals surface area contributed by atoms with Crippen molar-refractivity contribution in [2.75, 3.05) is 4.90 Å². The first kappa shape index (κ1) is 25.0. The number of nitro groups is 1. The van der Waals surface area contributed by atoms with Crippen LogP contribution in [0.5, 0.6) is 5.75 Å². The second-order valence-corrected chi connectivity index (χ2v) is 11.4. The number of hydrogen-bond donors (Lipinski definition) is 0. The average Bonchev–Trinajstić information content (AvgIpc) is 3.07. The Kier molecular flexibility index (Phi) is 7.08. The van der Waals surface area contributed by atoms with Crippen molar-refractivity contribution in [1.82, 2.24) is 0 Å². The molecule has 0 aliphatic carbocycles. The van der Waals surface area contributed by atoms with Crippen LogP contribution < -0.4 is 9.08 Å². The van der Waals surface area contributed by atoms with Crippen molar-refractivity contribution < 1.29 is 22.3 Å². The molecule has 1 saturated heterocycles. The van der Waals surface area contributed by atoms with Gasteiger partial charge in [-0.15, -0.1) is 0 Å². The molecule has 35 heavy (non-hydrogen) atoms. The maximum atomic E-state index is 12.9. The van der Waals surface area contributed by atoms with Crippen molar-refractivity contribution in [1.29, 1.82) is 0 Å². The molecule has 4 rings (SSSR count). The maximum Gasteiger partial charge on any atom is 0.339 e. The third-order valence-corrected chi connectivity index (χ3v) is 7.95. The van der Waals surface area contributed by atoms with E-state index < -0.39 is 15.0 Å². The smallest absolute Gasteiger partial charge is 0.339 e. The van der Waals surface area contributed by atoms with Gasteiger partial charge in [0.2, 0.25) is 0 Å². The number of aryl methyl sites for hydroxylation is 1. The van der Waals surface area contributed by atoms with Gasteiger partial charge in [-0.1, -0.05) is 64.2 Å². The number of anilines is 1. The van der Waals surface area contributed by atoms with Crippen molar-refractivity contribution in [2.45, 2.75) is 11.8 Å². The van der Waals surface area contributed by atoms with E-state index in [-0.39, 0.29) is 22.2 Å². The van der Waals surface area contributed by atoms with Crippen LogP contribution in [0.25, 0.3) is 6.08 Å². The Balaban J connectivity index is 1.52. The lowest BCUT2D eigenvalue weighted by molar-refractivity contribution is -0.385. The van der Waals surface area contributed by atoms with Crippen molar-refractivity contribution in [3.63, 3.8) is 0 Å². The number of thioether (sulfide) groups is 1. The molecule has 1 heterocycles. The molecule has 1 amide bonds. The molecule has 0 bridgehead atoms. The van der Waals surface area contributed by atoms with Gasteiger partial charge in [-0.05, 0) is 55.0 Å². The molecule has 1 aliphatic heterocycles. The molecule has 178 valence electrons. The second kappa shape index (κ2) is 9.90. The summed E-state index contributed by atoms with van der Waals surface area (Å²) < 4.78 is 31.5. The first-order chi connectivity index (χ1) is 16.5. The summed E-state index contributed by atoms with van der Waals surface area (Å²) in [6.07, 6.45) is 1.65. The first-order valence-electron chi connectivity index (χ1n) is 9.88. The van der Waals surface area contributed by atoms with Crippen LogP contribution in [0.15, 0.2) is 81.0 Å². The number of carbonyl (C=O) groups is 1. The second-order valence-electron chi connectivity index (χ2n) is 7.31. The van der Waals surface area contributed by atoms with E-state index in [2.05, 4.69) is 15.9 Å². The highest BCUT2D eigenvalue weighted by Crippen LogP contribution is 2.37. The maximum absolute atomic E-state index is 12.9. The molecule has 3 aromatic rings. The molecule has 1 aliphatic rings. The molecule has 0 saturated carbocycles. The van der Waals surface area contributed by atoms with Crippen molar-refractivity contribution >= 4 is 77.7 Å². The lowest BCUT2D eigenvalue weighted by atomic mass is 10.2. The van der Waals surface area contributed by atoms with Crippen molar-refractivity contribution in [3.05, 3.63) is 97.3 Å². The van der Waals surface area contributed by atoms with Gasteiger partial charge in [0.05, 0.1) is 15.5 Å². The summed E-state index contributed by atoms with van der Waals surface area (Å²) in [7, 11) is -4.28. The zero-order chi connectivity index (χ0) is 25.3. The number of nitro benzene ring substituents is 1. The van der Waals surface area contributed by atoms with Crippen LogP contribution in [0, 0.1) is 17.0 Å². The van der Waals surface area contributed by atoms with Crippen molar-refractivity contribution in [2.24, 2.45) is 0 Å². The Bertz CT molecular complexity index is 1500. The summed E-state index contributed by atoms with van der Waals surface area (Å²) in [5, 5.41) is 11.1. The fourth-order valence-electron chi connectivity index (χ4n) is 3.19. The highest BCUT2D eigenvalue weighted by atomic mass is 79.9. The minimum absolute atomic E-state index is 0.0204. The third-order valence-electron chi connectivity index (χ3n) is 4.91. The summed E-state index contributed by atoms with van der Waals surface area (Å²) in [5.41, 5.74) is 1.31. The van der Waals surface area contributed by atoms with Gasteiger partial charge in [0, 0.05) is 16.1 Å². The molecule has 0 N–H and O–H groups in total. The van der Waals surface area contributed by atoms with Gasteiger partial charge < -0.3 is 4.18 Å². The van der Waals surface area contributed by atoms with Crippen LogP contribution in [-0.2, 0) is 14.9 Å². The van der Waals surface area contributed by atoms with Gasteiger partial charge in [0.25, 0.3) is 11.6 Å². The number of amides is 1. The van der Waals surface area contributed by atoms with Gasteiger partial charge in [0.1, 0.15) is 10.6 Å². The molecule has 0 spiro atoms. The summed E-state index contributed by atoms with van der Waals surface area (Å²) in [5.74, 6) is -0.242. The normalized spacial score (nSPS) is 15.0. The molecule has 8 nitrogen and oxygen atoms in total. The minimum Gasteiger partial charge on any atom is -0.379 e. The van der Waals surface area contributed by atoms with Gasteiger partial charge in [0.15, 0.2) is 4.32 Å². The highest BCUT2D eigenvalue weighted by Gasteiger charge is 2.33. The minimum atomic E-state index is -4.28. The number of halogens is 1. The average molecular weight is 591 g/mol. The lowest BCUT2D eigenvalue weighted by Crippen LogP contribution is -2.27. The molecule has 0 aromatic heterocycles. The summed E-state index contributed by atoms with van der Waals surface area (Å²) in [4.78, 5) is 24.9. The number of benzene rings is 3. The van der Waals surface area contributed by atoms with E-state index in [1.807, 2.05) is 12.1 Å². The lowest BCUT2D eigenvalue weighted by Gasteiger charge is -2.14. The highest BCUT2D eigenvalue weighted by molar-refractivity contribution is 9.10. The van der Waals surface area contributed by atoms with Gasteiger partial charge in [-0.2, -0.15) is 8.42 Å². The predicted octanol–water partition coefficient (Wildman–Crippen LogP) is 5.84. The number of carbonyl (C=O) groups excluding carboxylic acids is 1. The van der Waals surface area contributed by atoms with E-state index in [0.717, 1.165) is 10.5 Å². The number of thiocarbonyl (C=S) groups is 1. The monoisotopic (exact) mass is 590 g/mol. The Morgan fingerprint density at radius 2 is 1.83 bits per heavy atom. The Labute approximate surface area is 219 Å². The molecule has 1 fully saturated rings. The van der Waals surface area contributed by atoms with E-state index in [1.54, 1.807) is 30.3 Å². The zero-order valence-electron chi connectivity index (χ0n) is 17.9. The molecule has 0 unspecified atom stereocenters. The van der Waals surface area contributed by atoms with Gasteiger partial charge in [-0.25, -0.2) is 0 Å². The van der Waals surface area contributed by atoms with E-state index in [0.29, 0.717) is 26.0 Å². The molecule has 3 aromatic carbocycles. The molecular weight excluding hydrogens is 576 g/mol. The van der Waals surface area contributed by atoms with E-state index >= 15 is 0 Å². The van der Waals surface area contributed by atoms with Crippen LogP contribution in [0.4, 0.5) is 11.4 Å². The fourth-order valence-corrected chi connectivity index (χ4v) is 5.83. The quantitative estimate of drug-likeness (QED) is 0.116. The molecule has 0 radical (unpaired) electrons. The summed E-state index contributed by atoms with van der Waals surface area (Å²) in [6, 6.07) is 16.8. The topological polar surface area (TPSA) is 107 Å². The largest absolute Gasteiger partial charge is 0.379 e. The van der Waals surface area contributed by atoms with Crippen LogP contribution in [-0.4, -0.2) is 23.6 Å². The molecule has 0 atom stereocenters. The Hall–Kier alpha value is -3.06. The van der Waals surface area contributed by atoms with E-state index in [4.69, 9.17) is 16.4 Å². The van der Waals surface area contributed by atoms with Gasteiger partial charge in [-0.3, -0.25) is 19.8 Å². The predicted molar refractivity (Wildman–Crippen MR) is 142 cm³/mol. The first-order valence-corrected chi connectivity index (χ1v) is 13.3. The standard InChI is InChI=1S/C23H15BrN2O6S3/c1-14-5-10-19(13-20(14)26(28)29)35(30,31)32-18-8-6-15(7-9-18)11-21-22(27)25(23(33)34-21)17-4-2-3-16(24)12-17/h2-13H,1H3/b21-11-. The Morgan fingerprint density at radius 3 is 2.49 bits per heavy atom. The van der Waals surface area contributed by atoms with Crippen LogP contribution >= 0.6 is 39.9 Å². The van der Waals surface area contributed by atoms with Gasteiger partial charge >= 0.3 is 10.1 Å². The summed E-state index contributed by atoms with van der Waals surface area (Å²) >= 11 is 9.93. The van der Waals surface area contributed by atoms with Crippen molar-refractivity contribution in [3.8, 4) is 5.75 Å². The SMILES string of the molecule is Cc1ccc(S(=O)(=O)Oc2ccc(/C=C3\SC(=S)N(c4cccc(Br)c4)C3=O)cc2)cc1[N+](=O)[O-]. The number of hydrogen-bond acceptors (Lipinski definition) is 8.